The fourth-order valence-electron chi connectivity index (χ4n) is 3.11. The average Bonchev–Trinajstić information content (AvgIpc) is 3.31. The van der Waals surface area contributed by atoms with Crippen LogP contribution >= 0.6 is 23.8 Å². The molecular formula is C22H19ClF2N6S. The molecule has 2 N–H and O–H groups in total. The van der Waals surface area contributed by atoms with Crippen LogP contribution in [0.4, 0.5) is 20.3 Å². The fraction of sp³-hybridized carbons (Fsp3) is 0.136. The summed E-state index contributed by atoms with van der Waals surface area (Å²) in [4.78, 5) is 0. The van der Waals surface area contributed by atoms with Gasteiger partial charge in [0.1, 0.15) is 11.6 Å². The van der Waals surface area contributed by atoms with Gasteiger partial charge in [-0.05, 0) is 54.5 Å². The molecular weight excluding hydrogens is 454 g/mol. The summed E-state index contributed by atoms with van der Waals surface area (Å²) in [5.74, 6) is -0.0842. The highest BCUT2D eigenvalue weighted by Gasteiger charge is 2.10. The van der Waals surface area contributed by atoms with Gasteiger partial charge in [-0.15, -0.1) is 0 Å². The second-order valence-corrected chi connectivity index (χ2v) is 8.01. The van der Waals surface area contributed by atoms with E-state index in [-0.39, 0.29) is 11.6 Å². The number of hydrogen-bond acceptors (Lipinski definition) is 3. The molecule has 0 spiro atoms. The van der Waals surface area contributed by atoms with Crippen molar-refractivity contribution >= 4 is 40.4 Å². The molecule has 2 aromatic heterocycles. The van der Waals surface area contributed by atoms with Crippen LogP contribution in [0, 0.1) is 18.6 Å². The summed E-state index contributed by atoms with van der Waals surface area (Å²) >= 11 is 11.5. The average molecular weight is 473 g/mol. The molecule has 2 heterocycles. The van der Waals surface area contributed by atoms with Crippen molar-refractivity contribution in [2.45, 2.75) is 20.0 Å². The maximum atomic E-state index is 13.3. The summed E-state index contributed by atoms with van der Waals surface area (Å²) in [6.45, 7) is 2.83. The number of anilines is 2. The van der Waals surface area contributed by atoms with Crippen molar-refractivity contribution < 1.29 is 8.78 Å². The number of benzene rings is 2. The molecule has 2 aromatic carbocycles. The molecule has 6 nitrogen and oxygen atoms in total. The van der Waals surface area contributed by atoms with E-state index in [1.807, 2.05) is 13.0 Å². The van der Waals surface area contributed by atoms with Crippen molar-refractivity contribution in [3.8, 4) is 0 Å². The van der Waals surface area contributed by atoms with Gasteiger partial charge in [-0.3, -0.25) is 9.36 Å². The van der Waals surface area contributed by atoms with Crippen LogP contribution in [0.15, 0.2) is 60.9 Å². The lowest BCUT2D eigenvalue weighted by Crippen LogP contribution is -2.19. The molecule has 0 aliphatic heterocycles. The minimum absolute atomic E-state index is 0.272. The van der Waals surface area contributed by atoms with Crippen LogP contribution in [0.25, 0.3) is 0 Å². The van der Waals surface area contributed by atoms with E-state index in [1.54, 1.807) is 40.0 Å². The van der Waals surface area contributed by atoms with Crippen molar-refractivity contribution in [1.82, 2.24) is 19.6 Å². The Balaban J connectivity index is 1.36. The fourth-order valence-corrected chi connectivity index (χ4v) is 3.56. The van der Waals surface area contributed by atoms with Gasteiger partial charge in [0.15, 0.2) is 10.9 Å². The van der Waals surface area contributed by atoms with E-state index in [4.69, 9.17) is 23.8 Å². The molecule has 0 radical (unpaired) electrons. The molecule has 32 heavy (non-hydrogen) atoms. The lowest BCUT2D eigenvalue weighted by atomic mass is 10.2. The number of hydrogen-bond donors (Lipinski definition) is 2. The van der Waals surface area contributed by atoms with Crippen LogP contribution in [0.1, 0.15) is 16.8 Å². The molecule has 10 heteroatoms. The highest BCUT2D eigenvalue weighted by atomic mass is 35.5. The Bertz CT molecular complexity index is 1250. The van der Waals surface area contributed by atoms with Crippen molar-refractivity contribution in [3.63, 3.8) is 0 Å². The van der Waals surface area contributed by atoms with E-state index in [9.17, 15) is 8.78 Å². The zero-order valence-electron chi connectivity index (χ0n) is 17.0. The van der Waals surface area contributed by atoms with Crippen LogP contribution in [0.5, 0.6) is 0 Å². The predicted octanol–water partition coefficient (Wildman–Crippen LogP) is 5.23. The first-order valence-electron chi connectivity index (χ1n) is 9.69. The third-order valence-corrected chi connectivity index (χ3v) is 5.26. The Morgan fingerprint density at radius 1 is 1.03 bits per heavy atom. The van der Waals surface area contributed by atoms with E-state index in [0.29, 0.717) is 34.7 Å². The normalized spacial score (nSPS) is 10.9. The number of thiocarbonyl (C=S) groups is 1. The number of nitrogens with one attached hydrogen (secondary N) is 2. The highest BCUT2D eigenvalue weighted by Crippen LogP contribution is 2.20. The molecule has 164 valence electrons. The van der Waals surface area contributed by atoms with Crippen molar-refractivity contribution in [1.29, 1.82) is 0 Å². The van der Waals surface area contributed by atoms with Gasteiger partial charge >= 0.3 is 0 Å². The van der Waals surface area contributed by atoms with Crippen LogP contribution < -0.4 is 10.6 Å². The molecule has 0 atom stereocenters. The summed E-state index contributed by atoms with van der Waals surface area (Å²) in [6.07, 6.45) is 3.45. The monoisotopic (exact) mass is 472 g/mol. The summed E-state index contributed by atoms with van der Waals surface area (Å²) in [5.41, 5.74) is 3.30. The van der Waals surface area contributed by atoms with Crippen LogP contribution in [-0.2, 0) is 13.1 Å². The minimum Gasteiger partial charge on any atom is -0.330 e. The quantitative estimate of drug-likeness (QED) is 0.376. The Hall–Kier alpha value is -3.30. The number of aryl methyl sites for hydroxylation is 1. The van der Waals surface area contributed by atoms with Crippen LogP contribution in [0.2, 0.25) is 5.02 Å². The number of rotatable bonds is 6. The van der Waals surface area contributed by atoms with Gasteiger partial charge in [0.05, 0.1) is 25.0 Å². The SMILES string of the molecule is Cc1cc(NC(=S)Nc2cnn(Cc3ccc(F)cc3)c2)nn1Cc1ccc(F)cc1Cl. The molecule has 0 bridgehead atoms. The minimum atomic E-state index is -0.379. The zero-order chi connectivity index (χ0) is 22.7. The number of nitrogens with zero attached hydrogens (tertiary/aromatic N) is 4. The molecule has 0 fully saturated rings. The summed E-state index contributed by atoms with van der Waals surface area (Å²) < 4.78 is 29.8. The Morgan fingerprint density at radius 2 is 1.78 bits per heavy atom. The first-order chi connectivity index (χ1) is 15.4. The van der Waals surface area contributed by atoms with E-state index < -0.39 is 0 Å². The Morgan fingerprint density at radius 3 is 2.53 bits per heavy atom. The Kier molecular flexibility index (Phi) is 6.48. The second kappa shape index (κ2) is 9.46. The van der Waals surface area contributed by atoms with Gasteiger partial charge in [-0.2, -0.15) is 10.2 Å². The first kappa shape index (κ1) is 21.9. The van der Waals surface area contributed by atoms with Crippen molar-refractivity contribution in [3.05, 3.63) is 94.4 Å². The molecule has 0 aliphatic rings. The standard InChI is InChI=1S/C22H19ClF2N6S/c1-14-8-21(29-31(14)12-16-4-7-18(25)9-20(16)23)28-22(32)27-19-10-26-30(13-19)11-15-2-5-17(24)6-3-15/h2-10,13H,11-12H2,1H3,(H2,27,28,29,32). The maximum Gasteiger partial charge on any atom is 0.176 e. The molecule has 0 amide bonds. The molecule has 0 saturated carbocycles. The van der Waals surface area contributed by atoms with E-state index in [0.717, 1.165) is 16.8 Å². The zero-order valence-corrected chi connectivity index (χ0v) is 18.6. The molecule has 4 aromatic rings. The van der Waals surface area contributed by atoms with Gasteiger partial charge in [0, 0.05) is 23.0 Å². The second-order valence-electron chi connectivity index (χ2n) is 7.20. The van der Waals surface area contributed by atoms with E-state index in [1.165, 1.54) is 24.3 Å². The molecule has 0 saturated heterocycles. The topological polar surface area (TPSA) is 59.7 Å². The smallest absolute Gasteiger partial charge is 0.176 e. The first-order valence-corrected chi connectivity index (χ1v) is 10.5. The molecule has 0 unspecified atom stereocenters. The van der Waals surface area contributed by atoms with Gasteiger partial charge < -0.3 is 10.6 Å². The lowest BCUT2D eigenvalue weighted by molar-refractivity contribution is 0.623. The van der Waals surface area contributed by atoms with Crippen molar-refractivity contribution in [2.75, 3.05) is 10.6 Å². The van der Waals surface area contributed by atoms with Gasteiger partial charge in [-0.1, -0.05) is 29.8 Å². The molecule has 0 aliphatic carbocycles. The van der Waals surface area contributed by atoms with Crippen LogP contribution in [0.3, 0.4) is 0 Å². The Labute approximate surface area is 193 Å². The third kappa shape index (κ3) is 5.49. The third-order valence-electron chi connectivity index (χ3n) is 4.71. The van der Waals surface area contributed by atoms with E-state index >= 15 is 0 Å². The largest absolute Gasteiger partial charge is 0.330 e. The number of aromatic nitrogens is 4. The summed E-state index contributed by atoms with van der Waals surface area (Å²) in [6, 6.07) is 12.4. The maximum absolute atomic E-state index is 13.3. The summed E-state index contributed by atoms with van der Waals surface area (Å²) in [7, 11) is 0. The molecule has 4 rings (SSSR count). The van der Waals surface area contributed by atoms with E-state index in [2.05, 4.69) is 20.8 Å². The van der Waals surface area contributed by atoms with Gasteiger partial charge in [-0.25, -0.2) is 8.78 Å². The number of halogens is 3. The van der Waals surface area contributed by atoms with Gasteiger partial charge in [0.25, 0.3) is 0 Å². The predicted molar refractivity (Wildman–Crippen MR) is 125 cm³/mol. The summed E-state index contributed by atoms with van der Waals surface area (Å²) in [5, 5.41) is 15.6. The van der Waals surface area contributed by atoms with Gasteiger partial charge in [0.2, 0.25) is 0 Å². The lowest BCUT2D eigenvalue weighted by Gasteiger charge is -2.08. The van der Waals surface area contributed by atoms with Crippen LogP contribution in [-0.4, -0.2) is 24.7 Å². The highest BCUT2D eigenvalue weighted by molar-refractivity contribution is 7.80. The van der Waals surface area contributed by atoms with Crippen molar-refractivity contribution in [2.24, 2.45) is 0 Å².